The minimum absolute atomic E-state index is 0.0741. The summed E-state index contributed by atoms with van der Waals surface area (Å²) in [7, 11) is 0. The summed E-state index contributed by atoms with van der Waals surface area (Å²) in [5.74, 6) is -2.08. The van der Waals surface area contributed by atoms with Gasteiger partial charge >= 0.3 is 11.9 Å². The van der Waals surface area contributed by atoms with E-state index in [2.05, 4.69) is 10.9 Å². The lowest BCUT2D eigenvalue weighted by molar-refractivity contribution is -0.139. The molecule has 0 spiro atoms. The zero-order valence-electron chi connectivity index (χ0n) is 5.57. The maximum atomic E-state index is 10.3. The molecule has 0 bridgehead atoms. The van der Waals surface area contributed by atoms with E-state index < -0.39 is 24.0 Å². The van der Waals surface area contributed by atoms with Crippen LogP contribution in [-0.4, -0.2) is 34.2 Å². The molecule has 0 amide bonds. The van der Waals surface area contributed by atoms with Gasteiger partial charge in [0.05, 0.1) is 0 Å². The first kappa shape index (κ1) is 7.96. The van der Waals surface area contributed by atoms with Crippen LogP contribution in [0.15, 0.2) is 0 Å². The Labute approximate surface area is 62.2 Å². The number of hydrogen-bond acceptors (Lipinski definition) is 4. The summed E-state index contributed by atoms with van der Waals surface area (Å²) in [6, 6.07) is -1.59. The number of carboxylic acid groups (broad SMARTS) is 2. The highest BCUT2D eigenvalue weighted by molar-refractivity contribution is 5.79. The van der Waals surface area contributed by atoms with Crippen LogP contribution in [0.3, 0.4) is 0 Å². The van der Waals surface area contributed by atoms with Crippen molar-refractivity contribution in [3.05, 3.63) is 0 Å². The maximum absolute atomic E-state index is 10.3. The van der Waals surface area contributed by atoms with E-state index in [9.17, 15) is 9.59 Å². The summed E-state index contributed by atoms with van der Waals surface area (Å²) in [6.07, 6.45) is 0.0741. The van der Waals surface area contributed by atoms with E-state index in [4.69, 9.17) is 10.2 Å². The number of hydrazine groups is 1. The number of carboxylic acids is 2. The van der Waals surface area contributed by atoms with Crippen LogP contribution in [0.25, 0.3) is 0 Å². The zero-order valence-corrected chi connectivity index (χ0v) is 5.57. The minimum Gasteiger partial charge on any atom is -0.480 e. The highest BCUT2D eigenvalue weighted by Crippen LogP contribution is 2.04. The Bertz CT molecular complexity index is 173. The van der Waals surface area contributed by atoms with Crippen molar-refractivity contribution in [3.8, 4) is 0 Å². The normalized spacial score (nSPS) is 30.2. The van der Waals surface area contributed by atoms with Gasteiger partial charge in [-0.2, -0.15) is 0 Å². The van der Waals surface area contributed by atoms with E-state index in [-0.39, 0.29) is 6.42 Å². The quantitative estimate of drug-likeness (QED) is 0.388. The second-order valence-corrected chi connectivity index (χ2v) is 2.31. The Hall–Kier alpha value is -1.14. The molecule has 11 heavy (non-hydrogen) atoms. The van der Waals surface area contributed by atoms with Gasteiger partial charge in [-0.25, -0.2) is 10.9 Å². The van der Waals surface area contributed by atoms with Crippen molar-refractivity contribution >= 4 is 11.9 Å². The Balaban J connectivity index is 2.47. The first-order valence-electron chi connectivity index (χ1n) is 3.08. The first-order valence-corrected chi connectivity index (χ1v) is 3.08. The molecule has 0 aromatic rings. The van der Waals surface area contributed by atoms with Gasteiger partial charge in [0.2, 0.25) is 0 Å². The van der Waals surface area contributed by atoms with E-state index in [1.54, 1.807) is 0 Å². The van der Waals surface area contributed by atoms with Gasteiger partial charge in [0.1, 0.15) is 12.1 Å². The molecule has 0 radical (unpaired) electrons. The van der Waals surface area contributed by atoms with Crippen molar-refractivity contribution in [2.75, 3.05) is 0 Å². The van der Waals surface area contributed by atoms with Crippen LogP contribution in [0.2, 0.25) is 0 Å². The fraction of sp³-hybridized carbons (Fsp3) is 0.600. The second-order valence-electron chi connectivity index (χ2n) is 2.31. The van der Waals surface area contributed by atoms with Crippen molar-refractivity contribution in [1.82, 2.24) is 10.9 Å². The number of carbonyl (C=O) groups is 2. The predicted octanol–water partition coefficient (Wildman–Crippen LogP) is -1.61. The largest absolute Gasteiger partial charge is 0.480 e. The topological polar surface area (TPSA) is 98.7 Å². The minimum atomic E-state index is -1.04. The van der Waals surface area contributed by atoms with Gasteiger partial charge < -0.3 is 10.2 Å². The molecule has 0 unspecified atom stereocenters. The molecule has 62 valence electrons. The molecule has 1 saturated heterocycles. The van der Waals surface area contributed by atoms with Gasteiger partial charge in [-0.1, -0.05) is 0 Å². The highest BCUT2D eigenvalue weighted by Gasteiger charge is 2.32. The van der Waals surface area contributed by atoms with Crippen molar-refractivity contribution < 1.29 is 19.8 Å². The second kappa shape index (κ2) is 2.85. The molecule has 0 aromatic heterocycles. The zero-order chi connectivity index (χ0) is 8.43. The molecule has 0 aliphatic carbocycles. The van der Waals surface area contributed by atoms with Gasteiger partial charge in [-0.05, 0) is 0 Å². The van der Waals surface area contributed by atoms with Crippen molar-refractivity contribution in [2.45, 2.75) is 18.5 Å². The van der Waals surface area contributed by atoms with Crippen LogP contribution in [-0.2, 0) is 9.59 Å². The number of aliphatic carboxylic acids is 2. The lowest BCUT2D eigenvalue weighted by atomic mass is 10.1. The molecule has 6 heteroatoms. The summed E-state index contributed by atoms with van der Waals surface area (Å²) in [5.41, 5.74) is 4.71. The molecule has 6 nitrogen and oxygen atoms in total. The van der Waals surface area contributed by atoms with Crippen molar-refractivity contribution in [3.63, 3.8) is 0 Å². The SMILES string of the molecule is O=C(O)[C@@H]1C[C@@H](C(=O)O)NN1. The van der Waals surface area contributed by atoms with E-state index in [0.29, 0.717) is 0 Å². The average molecular weight is 160 g/mol. The molecular weight excluding hydrogens is 152 g/mol. The maximum Gasteiger partial charge on any atom is 0.322 e. The van der Waals surface area contributed by atoms with Crippen molar-refractivity contribution in [1.29, 1.82) is 0 Å². The van der Waals surface area contributed by atoms with E-state index in [1.165, 1.54) is 0 Å². The van der Waals surface area contributed by atoms with Crippen LogP contribution >= 0.6 is 0 Å². The number of nitrogens with one attached hydrogen (secondary N) is 2. The number of rotatable bonds is 2. The van der Waals surface area contributed by atoms with Gasteiger partial charge in [0.15, 0.2) is 0 Å². The summed E-state index contributed by atoms with van der Waals surface area (Å²) in [6.45, 7) is 0. The number of hydrogen-bond donors (Lipinski definition) is 4. The molecule has 4 N–H and O–H groups in total. The Morgan fingerprint density at radius 2 is 1.45 bits per heavy atom. The molecule has 1 aliphatic rings. The molecule has 0 aromatic carbocycles. The first-order chi connectivity index (χ1) is 5.11. The van der Waals surface area contributed by atoms with Gasteiger partial charge in [0.25, 0.3) is 0 Å². The molecule has 1 rings (SSSR count). The summed E-state index contributed by atoms with van der Waals surface area (Å²) in [4.78, 5) is 20.5. The fourth-order valence-electron chi connectivity index (χ4n) is 0.880. The van der Waals surface area contributed by atoms with E-state index in [1.807, 2.05) is 0 Å². The third kappa shape index (κ3) is 1.66. The van der Waals surface area contributed by atoms with Crippen LogP contribution in [0.5, 0.6) is 0 Å². The molecule has 2 atom stereocenters. The third-order valence-electron chi connectivity index (χ3n) is 1.50. The fourth-order valence-corrected chi connectivity index (χ4v) is 0.880. The Morgan fingerprint density at radius 3 is 1.64 bits per heavy atom. The van der Waals surface area contributed by atoms with Crippen LogP contribution in [0.4, 0.5) is 0 Å². The molecule has 1 aliphatic heterocycles. The highest BCUT2D eigenvalue weighted by atomic mass is 16.4. The van der Waals surface area contributed by atoms with Gasteiger partial charge in [-0.15, -0.1) is 0 Å². The van der Waals surface area contributed by atoms with Crippen LogP contribution < -0.4 is 10.9 Å². The summed E-state index contributed by atoms with van der Waals surface area (Å²) in [5, 5.41) is 16.8. The lowest BCUT2D eigenvalue weighted by Crippen LogP contribution is -2.39. The van der Waals surface area contributed by atoms with E-state index >= 15 is 0 Å². The lowest BCUT2D eigenvalue weighted by Gasteiger charge is -1.99. The van der Waals surface area contributed by atoms with Crippen molar-refractivity contribution in [2.24, 2.45) is 0 Å². The van der Waals surface area contributed by atoms with E-state index in [0.717, 1.165) is 0 Å². The Kier molecular flexibility index (Phi) is 2.06. The molecule has 1 fully saturated rings. The monoisotopic (exact) mass is 160 g/mol. The van der Waals surface area contributed by atoms with Crippen LogP contribution in [0.1, 0.15) is 6.42 Å². The molecular formula is C5H8N2O4. The Morgan fingerprint density at radius 1 is 1.09 bits per heavy atom. The third-order valence-corrected chi connectivity index (χ3v) is 1.50. The molecule has 1 heterocycles. The smallest absolute Gasteiger partial charge is 0.322 e. The standard InChI is InChI=1S/C5H8N2O4/c8-4(9)2-1-3(5(10)11)7-6-2/h2-3,6-7H,1H2,(H,8,9)(H,10,11)/t2-,3-/m0/s1. The summed E-state index contributed by atoms with van der Waals surface area (Å²) >= 11 is 0. The van der Waals surface area contributed by atoms with Crippen LogP contribution in [0, 0.1) is 0 Å². The predicted molar refractivity (Wildman–Crippen MR) is 33.7 cm³/mol. The molecule has 0 saturated carbocycles. The van der Waals surface area contributed by atoms with Gasteiger partial charge in [-0.3, -0.25) is 9.59 Å². The summed E-state index contributed by atoms with van der Waals surface area (Å²) < 4.78 is 0. The average Bonchev–Trinajstić information content (AvgIpc) is 2.33. The van der Waals surface area contributed by atoms with Gasteiger partial charge in [0, 0.05) is 6.42 Å².